The summed E-state index contributed by atoms with van der Waals surface area (Å²) in [5.74, 6) is -0.00313. The minimum Gasteiger partial charge on any atom is -0.491 e. The number of unbranched alkanes of at least 4 members (excludes halogenated alkanes) is 1. The molecule has 0 aromatic heterocycles. The van der Waals surface area contributed by atoms with Gasteiger partial charge in [-0.1, -0.05) is 12.1 Å². The lowest BCUT2D eigenvalue weighted by Crippen LogP contribution is -2.46. The minimum atomic E-state index is -0.317. The van der Waals surface area contributed by atoms with Gasteiger partial charge in [-0.3, -0.25) is 0 Å². The average Bonchev–Trinajstić information content (AvgIpc) is 3.24. The Morgan fingerprint density at radius 1 is 1.35 bits per heavy atom. The molecule has 2 rings (SSSR count). The molecule has 112 valence electrons. The third-order valence-electron chi connectivity index (χ3n) is 3.70. The van der Waals surface area contributed by atoms with E-state index in [9.17, 15) is 9.50 Å². The van der Waals surface area contributed by atoms with Gasteiger partial charge in [0, 0.05) is 11.6 Å². The second-order valence-electron chi connectivity index (χ2n) is 5.87. The van der Waals surface area contributed by atoms with Crippen LogP contribution in [0.2, 0.25) is 0 Å². The molecule has 1 unspecified atom stereocenters. The summed E-state index contributed by atoms with van der Waals surface area (Å²) in [6.45, 7) is 2.71. The van der Waals surface area contributed by atoms with Crippen molar-refractivity contribution in [3.05, 3.63) is 30.1 Å². The molecule has 1 atom stereocenters. The molecular weight excluding hydrogens is 257 g/mol. The number of hydrogen-bond acceptors (Lipinski definition) is 3. The van der Waals surface area contributed by atoms with Gasteiger partial charge in [0.05, 0.1) is 13.2 Å². The number of aliphatic hydroxyl groups is 1. The van der Waals surface area contributed by atoms with Gasteiger partial charge in [-0.2, -0.15) is 0 Å². The first-order valence-corrected chi connectivity index (χ1v) is 7.39. The maximum Gasteiger partial charge on any atom is 0.165 e. The van der Waals surface area contributed by atoms with E-state index in [0.29, 0.717) is 18.4 Å². The minimum absolute atomic E-state index is 0.150. The molecule has 1 aromatic rings. The molecule has 4 heteroatoms. The van der Waals surface area contributed by atoms with Crippen molar-refractivity contribution in [2.45, 2.75) is 50.6 Å². The maximum absolute atomic E-state index is 13.3. The van der Waals surface area contributed by atoms with Gasteiger partial charge >= 0.3 is 0 Å². The molecule has 1 aliphatic rings. The lowest BCUT2D eigenvalue weighted by Gasteiger charge is -2.29. The Labute approximate surface area is 120 Å². The second-order valence-corrected chi connectivity index (χ2v) is 5.87. The Bertz CT molecular complexity index is 423. The van der Waals surface area contributed by atoms with Crippen LogP contribution in [0.5, 0.6) is 5.75 Å². The zero-order valence-electron chi connectivity index (χ0n) is 12.1. The molecule has 20 heavy (non-hydrogen) atoms. The number of halogens is 1. The standard InChI is InChI=1S/C16H24FNO2/c1-16(12-19,18-13-8-9-13)10-4-5-11-20-15-7-3-2-6-14(15)17/h2-3,6-7,13,18-19H,4-5,8-12H2,1H3. The smallest absolute Gasteiger partial charge is 0.165 e. The van der Waals surface area contributed by atoms with Crippen LogP contribution < -0.4 is 10.1 Å². The zero-order valence-corrected chi connectivity index (χ0v) is 12.1. The van der Waals surface area contributed by atoms with Gasteiger partial charge in [-0.25, -0.2) is 4.39 Å². The van der Waals surface area contributed by atoms with Crippen LogP contribution in [0.15, 0.2) is 24.3 Å². The first-order valence-electron chi connectivity index (χ1n) is 7.39. The Morgan fingerprint density at radius 2 is 2.10 bits per heavy atom. The normalized spacial score (nSPS) is 17.8. The number of aliphatic hydroxyl groups excluding tert-OH is 1. The lowest BCUT2D eigenvalue weighted by molar-refractivity contribution is 0.158. The van der Waals surface area contributed by atoms with E-state index < -0.39 is 0 Å². The van der Waals surface area contributed by atoms with Crippen LogP contribution in [0, 0.1) is 5.82 Å². The number of para-hydroxylation sites is 1. The fraction of sp³-hybridized carbons (Fsp3) is 0.625. The maximum atomic E-state index is 13.3. The summed E-state index contributed by atoms with van der Waals surface area (Å²) in [6, 6.07) is 7.04. The number of nitrogens with one attached hydrogen (secondary N) is 1. The summed E-state index contributed by atoms with van der Waals surface area (Å²) in [6.07, 6.45) is 5.14. The predicted molar refractivity (Wildman–Crippen MR) is 77.4 cm³/mol. The molecule has 2 N–H and O–H groups in total. The van der Waals surface area contributed by atoms with Crippen molar-refractivity contribution in [2.24, 2.45) is 0 Å². The first-order chi connectivity index (χ1) is 9.63. The fourth-order valence-electron chi connectivity index (χ4n) is 2.28. The van der Waals surface area contributed by atoms with Crippen LogP contribution in [0.3, 0.4) is 0 Å². The molecule has 3 nitrogen and oxygen atoms in total. The number of hydrogen-bond donors (Lipinski definition) is 2. The molecule has 1 aliphatic carbocycles. The third kappa shape index (κ3) is 4.76. The van der Waals surface area contributed by atoms with Crippen LogP contribution in [0.25, 0.3) is 0 Å². The van der Waals surface area contributed by atoms with E-state index in [1.165, 1.54) is 18.9 Å². The highest BCUT2D eigenvalue weighted by molar-refractivity contribution is 5.23. The van der Waals surface area contributed by atoms with Gasteiger partial charge in [0.1, 0.15) is 0 Å². The first kappa shape index (κ1) is 15.3. The van der Waals surface area contributed by atoms with E-state index in [2.05, 4.69) is 12.2 Å². The monoisotopic (exact) mass is 281 g/mol. The lowest BCUT2D eigenvalue weighted by atomic mass is 9.95. The number of rotatable bonds is 9. The molecule has 0 saturated heterocycles. The van der Waals surface area contributed by atoms with Crippen molar-refractivity contribution in [1.82, 2.24) is 5.32 Å². The van der Waals surface area contributed by atoms with Crippen molar-refractivity contribution < 1.29 is 14.2 Å². The summed E-state index contributed by atoms with van der Waals surface area (Å²) in [5, 5.41) is 13.0. The van der Waals surface area contributed by atoms with Crippen molar-refractivity contribution in [1.29, 1.82) is 0 Å². The Balaban J connectivity index is 1.64. The van der Waals surface area contributed by atoms with Crippen LogP contribution in [0.4, 0.5) is 4.39 Å². The van der Waals surface area contributed by atoms with E-state index in [-0.39, 0.29) is 18.0 Å². The molecule has 1 aromatic carbocycles. The van der Waals surface area contributed by atoms with Crippen molar-refractivity contribution in [3.8, 4) is 5.75 Å². The summed E-state index contributed by atoms with van der Waals surface area (Å²) in [7, 11) is 0. The van der Waals surface area contributed by atoms with Crippen LogP contribution in [-0.4, -0.2) is 29.9 Å². The Hall–Kier alpha value is -1.13. The van der Waals surface area contributed by atoms with Crippen LogP contribution in [-0.2, 0) is 0 Å². The van der Waals surface area contributed by atoms with Gasteiger partial charge in [-0.15, -0.1) is 0 Å². The summed E-state index contributed by atoms with van der Waals surface area (Å²) in [5.41, 5.74) is -0.195. The highest BCUT2D eigenvalue weighted by atomic mass is 19.1. The summed E-state index contributed by atoms with van der Waals surface area (Å²) >= 11 is 0. The molecule has 0 bridgehead atoms. The number of ether oxygens (including phenoxy) is 1. The highest BCUT2D eigenvalue weighted by Gasteiger charge is 2.31. The van der Waals surface area contributed by atoms with Crippen molar-refractivity contribution in [2.75, 3.05) is 13.2 Å². The van der Waals surface area contributed by atoms with E-state index in [4.69, 9.17) is 4.74 Å². The molecule has 0 amide bonds. The summed E-state index contributed by atoms with van der Waals surface area (Å²) in [4.78, 5) is 0. The molecule has 1 saturated carbocycles. The fourth-order valence-corrected chi connectivity index (χ4v) is 2.28. The average molecular weight is 281 g/mol. The van der Waals surface area contributed by atoms with Gasteiger partial charge in [0.15, 0.2) is 11.6 Å². The SMILES string of the molecule is CC(CO)(CCCCOc1ccccc1F)NC1CC1. The summed E-state index contributed by atoms with van der Waals surface area (Å²) < 4.78 is 18.7. The highest BCUT2D eigenvalue weighted by Crippen LogP contribution is 2.25. The Morgan fingerprint density at radius 3 is 2.75 bits per heavy atom. The van der Waals surface area contributed by atoms with Gasteiger partial charge in [0.25, 0.3) is 0 Å². The number of benzene rings is 1. The van der Waals surface area contributed by atoms with Crippen molar-refractivity contribution >= 4 is 0 Å². The van der Waals surface area contributed by atoms with E-state index >= 15 is 0 Å². The van der Waals surface area contributed by atoms with Gasteiger partial charge in [-0.05, 0) is 51.2 Å². The van der Waals surface area contributed by atoms with Gasteiger partial charge in [0.2, 0.25) is 0 Å². The van der Waals surface area contributed by atoms with E-state index in [0.717, 1.165) is 19.3 Å². The quantitative estimate of drug-likeness (QED) is 0.684. The molecular formula is C16H24FNO2. The molecule has 0 aliphatic heterocycles. The van der Waals surface area contributed by atoms with Gasteiger partial charge < -0.3 is 15.2 Å². The molecule has 1 fully saturated rings. The van der Waals surface area contributed by atoms with E-state index in [1.54, 1.807) is 18.2 Å². The van der Waals surface area contributed by atoms with E-state index in [1.807, 2.05) is 0 Å². The molecule has 0 heterocycles. The topological polar surface area (TPSA) is 41.5 Å². The second kappa shape index (κ2) is 7.04. The third-order valence-corrected chi connectivity index (χ3v) is 3.70. The predicted octanol–water partition coefficient (Wildman–Crippen LogP) is 2.88. The molecule has 0 radical (unpaired) electrons. The van der Waals surface area contributed by atoms with Crippen LogP contribution in [0.1, 0.15) is 39.0 Å². The zero-order chi connectivity index (χ0) is 14.4. The van der Waals surface area contributed by atoms with Crippen LogP contribution >= 0.6 is 0 Å². The van der Waals surface area contributed by atoms with Crippen molar-refractivity contribution in [3.63, 3.8) is 0 Å². The molecule has 0 spiro atoms. The largest absolute Gasteiger partial charge is 0.491 e. The Kier molecular flexibility index (Phi) is 5.38.